The second kappa shape index (κ2) is 5.59. The lowest BCUT2D eigenvalue weighted by Crippen LogP contribution is -1.98. The molecule has 1 heterocycles. The first-order chi connectivity index (χ1) is 8.95. The average Bonchev–Trinajstić information content (AvgIpc) is 2.36. The minimum Gasteiger partial charge on any atom is -0.489 e. The van der Waals surface area contributed by atoms with Crippen LogP contribution in [0.4, 0.5) is 0 Å². The van der Waals surface area contributed by atoms with E-state index in [4.69, 9.17) is 16.3 Å². The monoisotopic (exact) mass is 297 g/mol. The highest BCUT2D eigenvalue weighted by molar-refractivity contribution is 7.90. The van der Waals surface area contributed by atoms with Crippen molar-refractivity contribution < 1.29 is 13.2 Å². The van der Waals surface area contributed by atoms with Crippen molar-refractivity contribution in [3.05, 3.63) is 53.3 Å². The van der Waals surface area contributed by atoms with Crippen LogP contribution in [0.25, 0.3) is 0 Å². The van der Waals surface area contributed by atoms with Gasteiger partial charge in [-0.15, -0.1) is 0 Å². The maximum Gasteiger partial charge on any atom is 0.175 e. The smallest absolute Gasteiger partial charge is 0.175 e. The second-order valence-electron chi connectivity index (χ2n) is 4.02. The van der Waals surface area contributed by atoms with Gasteiger partial charge in [0.25, 0.3) is 0 Å². The Bertz CT molecular complexity index is 669. The van der Waals surface area contributed by atoms with E-state index in [0.717, 1.165) is 5.56 Å². The summed E-state index contributed by atoms with van der Waals surface area (Å²) >= 11 is 5.76. The number of benzene rings is 1. The highest BCUT2D eigenvalue weighted by Gasteiger charge is 2.06. The molecule has 0 aliphatic rings. The molecular formula is C13H12ClNO3S. The summed E-state index contributed by atoms with van der Waals surface area (Å²) in [6.45, 7) is 0.348. The summed E-state index contributed by atoms with van der Waals surface area (Å²) in [6.07, 6.45) is 2.77. The fourth-order valence-electron chi connectivity index (χ4n) is 1.48. The summed E-state index contributed by atoms with van der Waals surface area (Å²) in [7, 11) is -3.17. The average molecular weight is 298 g/mol. The number of rotatable bonds is 4. The Hall–Kier alpha value is -1.59. The number of nitrogens with zero attached hydrogens (tertiary/aromatic N) is 1. The lowest BCUT2D eigenvalue weighted by atomic mass is 10.3. The molecule has 0 radical (unpaired) electrons. The van der Waals surface area contributed by atoms with E-state index in [1.165, 1.54) is 18.4 Å². The maximum atomic E-state index is 11.3. The van der Waals surface area contributed by atoms with E-state index in [9.17, 15) is 8.42 Å². The zero-order valence-electron chi connectivity index (χ0n) is 10.2. The topological polar surface area (TPSA) is 56.3 Å². The van der Waals surface area contributed by atoms with Crippen molar-refractivity contribution in [2.24, 2.45) is 0 Å². The third-order valence-electron chi connectivity index (χ3n) is 2.45. The summed E-state index contributed by atoms with van der Waals surface area (Å²) < 4.78 is 28.1. The lowest BCUT2D eigenvalue weighted by Gasteiger charge is -2.07. The summed E-state index contributed by atoms with van der Waals surface area (Å²) in [5.74, 6) is 0.598. The maximum absolute atomic E-state index is 11.3. The van der Waals surface area contributed by atoms with Crippen LogP contribution in [0.2, 0.25) is 5.15 Å². The van der Waals surface area contributed by atoms with E-state index in [2.05, 4.69) is 4.98 Å². The fraction of sp³-hybridized carbons (Fsp3) is 0.154. The normalized spacial score (nSPS) is 11.3. The summed E-state index contributed by atoms with van der Waals surface area (Å²) in [6, 6.07) is 9.80. The van der Waals surface area contributed by atoms with Crippen LogP contribution in [0.5, 0.6) is 5.75 Å². The van der Waals surface area contributed by atoms with Crippen LogP contribution in [0.1, 0.15) is 5.56 Å². The van der Waals surface area contributed by atoms with E-state index in [1.54, 1.807) is 30.5 Å². The van der Waals surface area contributed by atoms with Gasteiger partial charge in [0.15, 0.2) is 9.84 Å². The Balaban J connectivity index is 2.05. The molecule has 0 aliphatic carbocycles. The molecule has 0 spiro atoms. The van der Waals surface area contributed by atoms with Gasteiger partial charge in [-0.25, -0.2) is 13.4 Å². The number of hydrogen-bond acceptors (Lipinski definition) is 4. The van der Waals surface area contributed by atoms with Gasteiger partial charge in [0.1, 0.15) is 17.5 Å². The summed E-state index contributed by atoms with van der Waals surface area (Å²) in [4.78, 5) is 4.15. The third kappa shape index (κ3) is 3.94. The predicted octanol–water partition coefficient (Wildman–Crippen LogP) is 2.72. The standard InChI is InChI=1S/C13H12ClNO3S/c1-19(16,17)12-4-2-11(3-5-12)18-9-10-6-7-15-13(14)8-10/h2-8H,9H2,1H3. The minimum atomic E-state index is -3.17. The van der Waals surface area contributed by atoms with Crippen molar-refractivity contribution in [1.29, 1.82) is 0 Å². The highest BCUT2D eigenvalue weighted by Crippen LogP contribution is 2.17. The summed E-state index contributed by atoms with van der Waals surface area (Å²) in [5, 5.41) is 0.411. The van der Waals surface area contributed by atoms with Gasteiger partial charge in [0.2, 0.25) is 0 Å². The molecule has 0 atom stereocenters. The van der Waals surface area contributed by atoms with Crippen molar-refractivity contribution in [3.63, 3.8) is 0 Å². The molecule has 0 amide bonds. The Kier molecular flexibility index (Phi) is 4.07. The Morgan fingerprint density at radius 3 is 2.47 bits per heavy atom. The third-order valence-corrected chi connectivity index (χ3v) is 3.78. The Morgan fingerprint density at radius 1 is 1.21 bits per heavy atom. The van der Waals surface area contributed by atoms with Crippen LogP contribution in [0.3, 0.4) is 0 Å². The van der Waals surface area contributed by atoms with Gasteiger partial charge < -0.3 is 4.74 Å². The van der Waals surface area contributed by atoms with Crippen molar-refractivity contribution >= 4 is 21.4 Å². The van der Waals surface area contributed by atoms with Gasteiger partial charge in [0.05, 0.1) is 4.90 Å². The number of ether oxygens (including phenoxy) is 1. The van der Waals surface area contributed by atoms with E-state index < -0.39 is 9.84 Å². The summed E-state index contributed by atoms with van der Waals surface area (Å²) in [5.41, 5.74) is 0.896. The second-order valence-corrected chi connectivity index (χ2v) is 6.42. The number of sulfone groups is 1. The number of hydrogen-bond donors (Lipinski definition) is 0. The van der Waals surface area contributed by atoms with Crippen molar-refractivity contribution in [1.82, 2.24) is 4.98 Å². The van der Waals surface area contributed by atoms with Crippen molar-refractivity contribution in [3.8, 4) is 5.75 Å². The van der Waals surface area contributed by atoms with Crippen LogP contribution in [-0.4, -0.2) is 19.7 Å². The first kappa shape index (κ1) is 13.8. The first-order valence-corrected chi connectivity index (χ1v) is 7.75. The molecule has 0 unspecified atom stereocenters. The van der Waals surface area contributed by atoms with Crippen LogP contribution >= 0.6 is 11.6 Å². The molecule has 2 aromatic rings. The zero-order chi connectivity index (χ0) is 13.9. The molecule has 100 valence electrons. The van der Waals surface area contributed by atoms with E-state index in [-0.39, 0.29) is 4.90 Å². The molecule has 2 rings (SSSR count). The number of pyridine rings is 1. The SMILES string of the molecule is CS(=O)(=O)c1ccc(OCc2ccnc(Cl)c2)cc1. The van der Waals surface area contributed by atoms with E-state index in [1.807, 2.05) is 0 Å². The molecule has 0 bridgehead atoms. The fourth-order valence-corrected chi connectivity index (χ4v) is 2.31. The van der Waals surface area contributed by atoms with Crippen LogP contribution in [-0.2, 0) is 16.4 Å². The van der Waals surface area contributed by atoms with Crippen molar-refractivity contribution in [2.45, 2.75) is 11.5 Å². The van der Waals surface area contributed by atoms with Gasteiger partial charge in [0, 0.05) is 12.5 Å². The Labute approximate surface area is 116 Å². The number of aromatic nitrogens is 1. The molecular weight excluding hydrogens is 286 g/mol. The molecule has 0 aliphatic heterocycles. The quantitative estimate of drug-likeness (QED) is 0.814. The molecule has 0 N–H and O–H groups in total. The van der Waals surface area contributed by atoms with Gasteiger partial charge >= 0.3 is 0 Å². The molecule has 6 heteroatoms. The van der Waals surface area contributed by atoms with E-state index >= 15 is 0 Å². The van der Waals surface area contributed by atoms with Gasteiger partial charge in [-0.2, -0.15) is 0 Å². The molecule has 4 nitrogen and oxygen atoms in total. The first-order valence-electron chi connectivity index (χ1n) is 5.48. The molecule has 1 aromatic carbocycles. The highest BCUT2D eigenvalue weighted by atomic mass is 35.5. The lowest BCUT2D eigenvalue weighted by molar-refractivity contribution is 0.306. The molecule has 1 aromatic heterocycles. The van der Waals surface area contributed by atoms with Crippen LogP contribution in [0, 0.1) is 0 Å². The van der Waals surface area contributed by atoms with Gasteiger partial charge in [-0.3, -0.25) is 0 Å². The zero-order valence-corrected chi connectivity index (χ0v) is 11.8. The van der Waals surface area contributed by atoms with E-state index in [0.29, 0.717) is 17.5 Å². The molecule has 0 saturated carbocycles. The predicted molar refractivity (Wildman–Crippen MR) is 73.1 cm³/mol. The van der Waals surface area contributed by atoms with Crippen LogP contribution in [0.15, 0.2) is 47.5 Å². The van der Waals surface area contributed by atoms with Crippen molar-refractivity contribution in [2.75, 3.05) is 6.26 Å². The minimum absolute atomic E-state index is 0.270. The molecule has 0 fully saturated rings. The molecule has 0 saturated heterocycles. The van der Waals surface area contributed by atoms with Gasteiger partial charge in [-0.05, 0) is 42.0 Å². The Morgan fingerprint density at radius 2 is 1.89 bits per heavy atom. The van der Waals surface area contributed by atoms with Crippen LogP contribution < -0.4 is 4.74 Å². The number of halogens is 1. The molecule has 19 heavy (non-hydrogen) atoms. The van der Waals surface area contributed by atoms with Gasteiger partial charge in [-0.1, -0.05) is 11.6 Å². The largest absolute Gasteiger partial charge is 0.489 e.